The normalized spacial score (nSPS) is 18.3. The maximum atomic E-state index is 14.0. The van der Waals surface area contributed by atoms with Gasteiger partial charge in [-0.2, -0.15) is 0 Å². The molecule has 8 heteroatoms. The third-order valence-electron chi connectivity index (χ3n) is 6.95. The second-order valence-corrected chi connectivity index (χ2v) is 9.38. The first-order chi connectivity index (χ1) is 18.6. The summed E-state index contributed by atoms with van der Waals surface area (Å²) in [7, 11) is 1.66. The lowest BCUT2D eigenvalue weighted by Crippen LogP contribution is -2.50. The number of aromatic nitrogens is 1. The van der Waals surface area contributed by atoms with Crippen molar-refractivity contribution < 1.29 is 14.3 Å². The van der Waals surface area contributed by atoms with Crippen molar-refractivity contribution in [2.45, 2.75) is 33.4 Å². The molecule has 38 heavy (non-hydrogen) atoms. The molecule has 198 valence electrons. The number of nitrogens with zero attached hydrogens (tertiary/aromatic N) is 5. The number of aliphatic imine (C=N–C) groups is 1. The summed E-state index contributed by atoms with van der Waals surface area (Å²) in [5, 5.41) is 0. The fourth-order valence-corrected chi connectivity index (χ4v) is 5.16. The van der Waals surface area contributed by atoms with E-state index in [0.29, 0.717) is 32.1 Å². The maximum absolute atomic E-state index is 14.0. The number of fused-ring (bicyclic) bond motifs is 3. The van der Waals surface area contributed by atoms with Crippen LogP contribution in [0, 0.1) is 6.92 Å². The van der Waals surface area contributed by atoms with Crippen LogP contribution in [0.5, 0.6) is 5.75 Å². The van der Waals surface area contributed by atoms with Gasteiger partial charge in [-0.3, -0.25) is 14.8 Å². The van der Waals surface area contributed by atoms with Gasteiger partial charge in [-0.1, -0.05) is 50.2 Å². The van der Waals surface area contributed by atoms with E-state index in [1.807, 2.05) is 62.2 Å². The Morgan fingerprint density at radius 1 is 1.05 bits per heavy atom. The zero-order valence-electron chi connectivity index (χ0n) is 22.6. The van der Waals surface area contributed by atoms with Crippen molar-refractivity contribution in [1.82, 2.24) is 9.88 Å². The summed E-state index contributed by atoms with van der Waals surface area (Å²) >= 11 is 0. The molecule has 1 atom stereocenters. The van der Waals surface area contributed by atoms with Crippen LogP contribution in [0.3, 0.4) is 0 Å². The smallest absolute Gasteiger partial charge is 0.330 e. The number of morpholine rings is 1. The third-order valence-corrected chi connectivity index (χ3v) is 6.95. The number of anilines is 2. The molecule has 2 amide bonds. The highest BCUT2D eigenvalue weighted by molar-refractivity contribution is 6.19. The van der Waals surface area contributed by atoms with Crippen molar-refractivity contribution in [2.24, 2.45) is 4.99 Å². The number of rotatable bonds is 5. The Morgan fingerprint density at radius 2 is 1.82 bits per heavy atom. The highest BCUT2D eigenvalue weighted by atomic mass is 16.5. The highest BCUT2D eigenvalue weighted by Crippen LogP contribution is 2.38. The van der Waals surface area contributed by atoms with Gasteiger partial charge in [0.15, 0.2) is 5.84 Å². The van der Waals surface area contributed by atoms with Crippen LogP contribution < -0.4 is 14.5 Å². The zero-order chi connectivity index (χ0) is 26.6. The molecule has 2 aromatic carbocycles. The third kappa shape index (κ3) is 4.96. The van der Waals surface area contributed by atoms with Gasteiger partial charge in [-0.15, -0.1) is 0 Å². The SMILES string of the molecule is CC.COc1cc(C)cc(CN2C(=O)N3CC(c4ccccc4)N=C3c3ncc(N4CCOCC4)cc32)c1. The summed E-state index contributed by atoms with van der Waals surface area (Å²) in [5.74, 6) is 1.43. The van der Waals surface area contributed by atoms with Crippen molar-refractivity contribution in [3.8, 4) is 5.75 Å². The number of methoxy groups -OCH3 is 1. The van der Waals surface area contributed by atoms with Gasteiger partial charge in [0.05, 0.1) is 57.0 Å². The molecule has 0 spiro atoms. The summed E-state index contributed by atoms with van der Waals surface area (Å²) in [4.78, 5) is 29.7. The maximum Gasteiger partial charge on any atom is 0.330 e. The molecule has 1 fully saturated rings. The van der Waals surface area contributed by atoms with E-state index < -0.39 is 0 Å². The fourth-order valence-electron chi connectivity index (χ4n) is 5.16. The number of amidine groups is 1. The van der Waals surface area contributed by atoms with Crippen LogP contribution in [0.4, 0.5) is 16.2 Å². The Bertz CT molecular complexity index is 1320. The number of hydrogen-bond acceptors (Lipinski definition) is 6. The first-order valence-corrected chi connectivity index (χ1v) is 13.3. The van der Waals surface area contributed by atoms with Gasteiger partial charge in [0.1, 0.15) is 11.4 Å². The van der Waals surface area contributed by atoms with E-state index in [1.165, 1.54) is 0 Å². The Balaban J connectivity index is 0.00000144. The summed E-state index contributed by atoms with van der Waals surface area (Å²) in [6.07, 6.45) is 1.89. The summed E-state index contributed by atoms with van der Waals surface area (Å²) in [6, 6.07) is 18.1. The number of ether oxygens (including phenoxy) is 2. The molecule has 0 aliphatic carbocycles. The van der Waals surface area contributed by atoms with E-state index in [9.17, 15) is 4.79 Å². The molecule has 6 rings (SSSR count). The minimum atomic E-state index is -0.113. The number of carbonyl (C=O) groups excluding carboxylic acids is 1. The Labute approximate surface area is 224 Å². The average Bonchev–Trinajstić information content (AvgIpc) is 3.43. The molecular weight excluding hydrogens is 478 g/mol. The molecular formula is C30H35N5O3. The van der Waals surface area contributed by atoms with Crippen molar-refractivity contribution >= 4 is 23.2 Å². The fraction of sp³-hybridized carbons (Fsp3) is 0.367. The van der Waals surface area contributed by atoms with Gasteiger partial charge in [-0.05, 0) is 41.8 Å². The van der Waals surface area contributed by atoms with Crippen LogP contribution in [0.15, 0.2) is 65.8 Å². The predicted molar refractivity (Wildman–Crippen MR) is 150 cm³/mol. The molecule has 4 heterocycles. The monoisotopic (exact) mass is 513 g/mol. The number of amides is 2. The first-order valence-electron chi connectivity index (χ1n) is 13.3. The van der Waals surface area contributed by atoms with E-state index in [0.717, 1.165) is 52.6 Å². The van der Waals surface area contributed by atoms with Gasteiger partial charge in [-0.25, -0.2) is 9.78 Å². The molecule has 0 N–H and O–H groups in total. The van der Waals surface area contributed by atoms with Gasteiger partial charge < -0.3 is 14.4 Å². The molecule has 3 aliphatic heterocycles. The minimum absolute atomic E-state index is 0.0823. The topological polar surface area (TPSA) is 70.5 Å². The van der Waals surface area contributed by atoms with Crippen LogP contribution in [0.1, 0.15) is 42.3 Å². The van der Waals surface area contributed by atoms with Gasteiger partial charge >= 0.3 is 6.03 Å². The standard InChI is InChI=1S/C28H29N5O3.C2H6/c1-19-12-20(14-23(13-19)35-2)17-32-25-15-22(31-8-10-36-11-9-31)16-29-26(25)27-30-24(18-33(27)28(32)34)21-6-4-3-5-7-21;1-2/h3-7,12-16,24H,8-11,17-18H2,1-2H3;1-2H3. The summed E-state index contributed by atoms with van der Waals surface area (Å²) in [6.45, 7) is 9.91. The highest BCUT2D eigenvalue weighted by Gasteiger charge is 2.42. The number of aryl methyl sites for hydroxylation is 1. The number of benzene rings is 2. The first kappa shape index (κ1) is 25.7. The minimum Gasteiger partial charge on any atom is -0.497 e. The van der Waals surface area contributed by atoms with E-state index in [2.05, 4.69) is 29.2 Å². The zero-order valence-corrected chi connectivity index (χ0v) is 22.6. The Morgan fingerprint density at radius 3 is 2.55 bits per heavy atom. The van der Waals surface area contributed by atoms with E-state index in [1.54, 1.807) is 12.0 Å². The number of hydrogen-bond donors (Lipinski definition) is 0. The number of urea groups is 1. The van der Waals surface area contributed by atoms with Crippen LogP contribution in [-0.2, 0) is 11.3 Å². The van der Waals surface area contributed by atoms with E-state index in [4.69, 9.17) is 19.5 Å². The van der Waals surface area contributed by atoms with Crippen LogP contribution in [-0.4, -0.2) is 61.7 Å². The van der Waals surface area contributed by atoms with Gasteiger partial charge in [0.2, 0.25) is 0 Å². The van der Waals surface area contributed by atoms with Crippen molar-refractivity contribution in [3.63, 3.8) is 0 Å². The second-order valence-electron chi connectivity index (χ2n) is 9.38. The van der Waals surface area contributed by atoms with Crippen molar-refractivity contribution in [3.05, 3.63) is 83.2 Å². The summed E-state index contributed by atoms with van der Waals surface area (Å²) < 4.78 is 11.0. The second kappa shape index (κ2) is 11.2. The van der Waals surface area contributed by atoms with Crippen molar-refractivity contribution in [1.29, 1.82) is 0 Å². The molecule has 8 nitrogen and oxygen atoms in total. The lowest BCUT2D eigenvalue weighted by atomic mass is 10.1. The molecule has 0 bridgehead atoms. The summed E-state index contributed by atoms with van der Waals surface area (Å²) in [5.41, 5.74) is 5.69. The van der Waals surface area contributed by atoms with E-state index in [-0.39, 0.29) is 12.1 Å². The lowest BCUT2D eigenvalue weighted by molar-refractivity contribution is 0.122. The number of carbonyl (C=O) groups is 1. The predicted octanol–water partition coefficient (Wildman–Crippen LogP) is 5.21. The molecule has 1 unspecified atom stereocenters. The molecule has 3 aromatic rings. The Kier molecular flexibility index (Phi) is 7.60. The van der Waals surface area contributed by atoms with Crippen LogP contribution >= 0.6 is 0 Å². The van der Waals surface area contributed by atoms with Crippen molar-refractivity contribution in [2.75, 3.05) is 49.8 Å². The molecule has 0 radical (unpaired) electrons. The quantitative estimate of drug-likeness (QED) is 0.469. The lowest BCUT2D eigenvalue weighted by Gasteiger charge is -2.36. The molecule has 0 saturated carbocycles. The van der Waals surface area contributed by atoms with E-state index >= 15 is 0 Å². The molecule has 3 aliphatic rings. The van der Waals surface area contributed by atoms with Gasteiger partial charge in [0, 0.05) is 13.1 Å². The largest absolute Gasteiger partial charge is 0.497 e. The number of pyridine rings is 1. The van der Waals surface area contributed by atoms with Crippen LogP contribution in [0.25, 0.3) is 0 Å². The van der Waals surface area contributed by atoms with Crippen LogP contribution in [0.2, 0.25) is 0 Å². The average molecular weight is 514 g/mol. The molecule has 1 saturated heterocycles. The van der Waals surface area contributed by atoms with Gasteiger partial charge in [0.25, 0.3) is 0 Å². The Hall–Kier alpha value is -3.91. The molecule has 1 aromatic heterocycles.